The molecule has 2 rings (SSSR count). The molecule has 1 aromatic heterocycles. The Balaban J connectivity index is 1.91. The van der Waals surface area contributed by atoms with Crippen LogP contribution < -0.4 is 16.6 Å². The van der Waals surface area contributed by atoms with E-state index < -0.39 is 0 Å². The van der Waals surface area contributed by atoms with E-state index in [9.17, 15) is 4.79 Å². The number of hydrogen-bond donors (Lipinski definition) is 3. The number of anilines is 1. The quantitative estimate of drug-likeness (QED) is 0.528. The summed E-state index contributed by atoms with van der Waals surface area (Å²) >= 11 is 0. The molecule has 0 aromatic carbocycles. The molecule has 4 N–H and O–H groups in total. The second kappa shape index (κ2) is 5.35. The third-order valence-electron chi connectivity index (χ3n) is 3.53. The van der Waals surface area contributed by atoms with E-state index in [0.717, 1.165) is 6.54 Å². The molecule has 5 nitrogen and oxygen atoms in total. The molecule has 0 bridgehead atoms. The van der Waals surface area contributed by atoms with Crippen molar-refractivity contribution >= 4 is 11.7 Å². The van der Waals surface area contributed by atoms with Gasteiger partial charge in [-0.2, -0.15) is 0 Å². The number of nitrogen functional groups attached to an aromatic ring is 1. The minimum absolute atomic E-state index is 0.0590. The summed E-state index contributed by atoms with van der Waals surface area (Å²) in [7, 11) is 0. The summed E-state index contributed by atoms with van der Waals surface area (Å²) in [5.41, 5.74) is 3.39. The van der Waals surface area contributed by atoms with Crippen LogP contribution in [0.4, 0.5) is 5.82 Å². The first-order chi connectivity index (χ1) is 8.69. The predicted molar refractivity (Wildman–Crippen MR) is 71.0 cm³/mol. The number of amides is 1. The van der Waals surface area contributed by atoms with Crippen LogP contribution in [-0.2, 0) is 0 Å². The molecular weight excluding hydrogens is 228 g/mol. The number of nitrogens with zero attached hydrogens (tertiary/aromatic N) is 1. The molecule has 0 spiro atoms. The molecule has 1 heterocycles. The van der Waals surface area contributed by atoms with Gasteiger partial charge in [0.1, 0.15) is 5.82 Å². The fourth-order valence-electron chi connectivity index (χ4n) is 2.24. The van der Waals surface area contributed by atoms with Crippen molar-refractivity contribution in [3.63, 3.8) is 0 Å². The molecule has 0 radical (unpaired) electrons. The highest BCUT2D eigenvalue weighted by atomic mass is 16.1. The van der Waals surface area contributed by atoms with E-state index in [4.69, 9.17) is 5.84 Å². The molecule has 1 amide bonds. The average Bonchev–Trinajstić information content (AvgIpc) is 3.17. The van der Waals surface area contributed by atoms with Crippen molar-refractivity contribution in [2.45, 2.75) is 32.6 Å². The molecule has 0 unspecified atom stereocenters. The SMILES string of the molecule is CCCC1(CNC(=O)c2ccnc(NN)c2)CC1. The zero-order chi connectivity index (χ0) is 13.0. The van der Waals surface area contributed by atoms with Gasteiger partial charge in [-0.05, 0) is 36.8 Å². The summed E-state index contributed by atoms with van der Waals surface area (Å²) in [6.45, 7) is 2.96. The first-order valence-electron chi connectivity index (χ1n) is 6.40. The average molecular weight is 248 g/mol. The van der Waals surface area contributed by atoms with Gasteiger partial charge < -0.3 is 10.7 Å². The van der Waals surface area contributed by atoms with Crippen LogP contribution in [0.15, 0.2) is 18.3 Å². The normalized spacial score (nSPS) is 16.1. The first kappa shape index (κ1) is 12.8. The van der Waals surface area contributed by atoms with Gasteiger partial charge in [0.2, 0.25) is 0 Å². The van der Waals surface area contributed by atoms with Crippen LogP contribution in [0.1, 0.15) is 43.0 Å². The summed E-state index contributed by atoms with van der Waals surface area (Å²) in [6.07, 6.45) is 6.40. The van der Waals surface area contributed by atoms with Gasteiger partial charge in [-0.1, -0.05) is 13.3 Å². The summed E-state index contributed by atoms with van der Waals surface area (Å²) in [6, 6.07) is 3.34. The Morgan fingerprint density at radius 3 is 2.94 bits per heavy atom. The van der Waals surface area contributed by atoms with Crippen LogP contribution in [0.2, 0.25) is 0 Å². The van der Waals surface area contributed by atoms with E-state index in [-0.39, 0.29) is 5.91 Å². The second-order valence-corrected chi connectivity index (χ2v) is 5.01. The van der Waals surface area contributed by atoms with Crippen LogP contribution in [0.3, 0.4) is 0 Å². The Labute approximate surface area is 107 Å². The molecule has 0 aliphatic heterocycles. The molecule has 0 saturated heterocycles. The Kier molecular flexibility index (Phi) is 3.81. The molecule has 5 heteroatoms. The Morgan fingerprint density at radius 2 is 2.33 bits per heavy atom. The lowest BCUT2D eigenvalue weighted by atomic mass is 10.0. The van der Waals surface area contributed by atoms with Crippen molar-refractivity contribution in [3.05, 3.63) is 23.9 Å². The zero-order valence-electron chi connectivity index (χ0n) is 10.7. The molecule has 98 valence electrons. The van der Waals surface area contributed by atoms with E-state index in [0.29, 0.717) is 16.8 Å². The number of carbonyl (C=O) groups is 1. The van der Waals surface area contributed by atoms with Gasteiger partial charge in [-0.3, -0.25) is 4.79 Å². The third-order valence-corrected chi connectivity index (χ3v) is 3.53. The van der Waals surface area contributed by atoms with Gasteiger partial charge in [0.15, 0.2) is 0 Å². The van der Waals surface area contributed by atoms with E-state index >= 15 is 0 Å². The second-order valence-electron chi connectivity index (χ2n) is 5.01. The number of nitrogens with two attached hydrogens (primary N) is 1. The largest absolute Gasteiger partial charge is 0.351 e. The van der Waals surface area contributed by atoms with E-state index in [1.54, 1.807) is 18.3 Å². The van der Waals surface area contributed by atoms with Gasteiger partial charge in [0.25, 0.3) is 5.91 Å². The minimum atomic E-state index is -0.0590. The minimum Gasteiger partial charge on any atom is -0.351 e. The highest BCUT2D eigenvalue weighted by Gasteiger charge is 2.41. The van der Waals surface area contributed by atoms with Crippen molar-refractivity contribution in [2.75, 3.05) is 12.0 Å². The van der Waals surface area contributed by atoms with Crippen LogP contribution in [-0.4, -0.2) is 17.4 Å². The number of nitrogens with one attached hydrogen (secondary N) is 2. The number of carbonyl (C=O) groups excluding carboxylic acids is 1. The van der Waals surface area contributed by atoms with Crippen LogP contribution in [0, 0.1) is 5.41 Å². The maximum Gasteiger partial charge on any atom is 0.251 e. The maximum atomic E-state index is 12.0. The monoisotopic (exact) mass is 248 g/mol. The smallest absolute Gasteiger partial charge is 0.251 e. The Hall–Kier alpha value is -1.62. The van der Waals surface area contributed by atoms with Crippen molar-refractivity contribution in [1.82, 2.24) is 10.3 Å². The van der Waals surface area contributed by atoms with Crippen molar-refractivity contribution in [1.29, 1.82) is 0 Å². The van der Waals surface area contributed by atoms with Crippen LogP contribution >= 0.6 is 0 Å². The molecular formula is C13H20N4O. The molecule has 0 atom stereocenters. The third kappa shape index (κ3) is 2.98. The summed E-state index contributed by atoms with van der Waals surface area (Å²) in [5, 5.41) is 3.00. The number of hydrogen-bond acceptors (Lipinski definition) is 4. The van der Waals surface area contributed by atoms with Gasteiger partial charge >= 0.3 is 0 Å². The standard InChI is InChI=1S/C13H20N4O/c1-2-4-13(5-6-13)9-16-12(18)10-3-7-15-11(8-10)17-14/h3,7-8H,2,4-6,9,14H2,1H3,(H,15,17)(H,16,18). The van der Waals surface area contributed by atoms with Gasteiger partial charge in [-0.25, -0.2) is 10.8 Å². The van der Waals surface area contributed by atoms with Crippen LogP contribution in [0.5, 0.6) is 0 Å². The van der Waals surface area contributed by atoms with Gasteiger partial charge in [0, 0.05) is 18.3 Å². The fraction of sp³-hybridized carbons (Fsp3) is 0.538. The van der Waals surface area contributed by atoms with E-state index in [2.05, 4.69) is 22.7 Å². The highest BCUT2D eigenvalue weighted by molar-refractivity contribution is 5.94. The fourth-order valence-corrected chi connectivity index (χ4v) is 2.24. The lowest BCUT2D eigenvalue weighted by Gasteiger charge is -2.15. The summed E-state index contributed by atoms with van der Waals surface area (Å²) in [5.74, 6) is 5.71. The summed E-state index contributed by atoms with van der Waals surface area (Å²) < 4.78 is 0. The highest BCUT2D eigenvalue weighted by Crippen LogP contribution is 2.48. The maximum absolute atomic E-state index is 12.0. The van der Waals surface area contributed by atoms with Gasteiger partial charge in [0.05, 0.1) is 0 Å². The predicted octanol–water partition coefficient (Wildman–Crippen LogP) is 1.68. The van der Waals surface area contributed by atoms with Crippen molar-refractivity contribution in [2.24, 2.45) is 11.3 Å². The first-order valence-corrected chi connectivity index (χ1v) is 6.40. The lowest BCUT2D eigenvalue weighted by Crippen LogP contribution is -2.30. The van der Waals surface area contributed by atoms with Crippen LogP contribution in [0.25, 0.3) is 0 Å². The molecule has 1 saturated carbocycles. The zero-order valence-corrected chi connectivity index (χ0v) is 10.7. The molecule has 1 aliphatic carbocycles. The molecule has 1 fully saturated rings. The summed E-state index contributed by atoms with van der Waals surface area (Å²) in [4.78, 5) is 16.0. The topological polar surface area (TPSA) is 80.0 Å². The number of aromatic nitrogens is 1. The van der Waals surface area contributed by atoms with Gasteiger partial charge in [-0.15, -0.1) is 0 Å². The van der Waals surface area contributed by atoms with E-state index in [1.165, 1.54) is 25.7 Å². The molecule has 18 heavy (non-hydrogen) atoms. The Morgan fingerprint density at radius 1 is 1.56 bits per heavy atom. The molecule has 1 aliphatic rings. The van der Waals surface area contributed by atoms with Crippen molar-refractivity contribution in [3.8, 4) is 0 Å². The number of hydrazine groups is 1. The molecule has 1 aromatic rings. The van der Waals surface area contributed by atoms with Crippen molar-refractivity contribution < 1.29 is 4.79 Å². The lowest BCUT2D eigenvalue weighted by molar-refractivity contribution is 0.0943. The van der Waals surface area contributed by atoms with E-state index in [1.807, 2.05) is 0 Å². The Bertz CT molecular complexity index is 429. The number of pyridine rings is 1. The number of rotatable bonds is 6.